The van der Waals surface area contributed by atoms with E-state index in [9.17, 15) is 4.79 Å². The second-order valence-corrected chi connectivity index (χ2v) is 5.27. The van der Waals surface area contributed by atoms with Gasteiger partial charge in [-0.2, -0.15) is 0 Å². The van der Waals surface area contributed by atoms with E-state index in [1.807, 2.05) is 37.3 Å². The van der Waals surface area contributed by atoms with Crippen LogP contribution < -0.4 is 16.4 Å². The van der Waals surface area contributed by atoms with Crippen LogP contribution in [0.5, 0.6) is 0 Å². The molecule has 0 fully saturated rings. The van der Waals surface area contributed by atoms with Crippen molar-refractivity contribution in [3.05, 3.63) is 47.3 Å². The molecule has 2 aromatic rings. The highest BCUT2D eigenvalue weighted by Crippen LogP contribution is 2.31. The minimum atomic E-state index is 0.0477. The first-order valence-electron chi connectivity index (χ1n) is 7.00. The molecule has 1 aromatic heterocycles. The summed E-state index contributed by atoms with van der Waals surface area (Å²) in [5.41, 5.74) is 11.5. The lowest BCUT2D eigenvalue weighted by atomic mass is 10.0. The normalized spacial score (nSPS) is 13.5. The number of benzene rings is 1. The number of anilines is 3. The summed E-state index contributed by atoms with van der Waals surface area (Å²) < 4.78 is 0. The van der Waals surface area contributed by atoms with E-state index < -0.39 is 0 Å². The van der Waals surface area contributed by atoms with Crippen molar-refractivity contribution in [2.75, 3.05) is 16.4 Å². The zero-order valence-corrected chi connectivity index (χ0v) is 11.9. The number of pyridine rings is 1. The van der Waals surface area contributed by atoms with Gasteiger partial charge in [-0.15, -0.1) is 0 Å². The maximum absolute atomic E-state index is 11.4. The molecule has 0 aliphatic carbocycles. The number of fused-ring (bicyclic) bond motifs is 1. The average molecular weight is 282 g/mol. The van der Waals surface area contributed by atoms with E-state index in [1.165, 1.54) is 0 Å². The molecule has 1 aromatic carbocycles. The van der Waals surface area contributed by atoms with Crippen molar-refractivity contribution in [3.63, 3.8) is 0 Å². The predicted octanol–water partition coefficient (Wildman–Crippen LogP) is 2.47. The Morgan fingerprint density at radius 1 is 1.33 bits per heavy atom. The standard InChI is InChI=1S/C16H18N4O/c1-10-3-2-4-12(19-10)9-18-15-7-11-5-6-16(21)20-14(11)8-13(15)17/h2-4,7-8,18H,5-6,9,17H2,1H3,(H,20,21). The maximum atomic E-state index is 11.4. The lowest BCUT2D eigenvalue weighted by Crippen LogP contribution is -2.19. The molecule has 1 aliphatic heterocycles. The highest BCUT2D eigenvalue weighted by atomic mass is 16.1. The molecule has 1 aliphatic rings. The molecule has 5 heteroatoms. The van der Waals surface area contributed by atoms with Crippen LogP contribution >= 0.6 is 0 Å². The van der Waals surface area contributed by atoms with Crippen LogP contribution in [0.4, 0.5) is 17.1 Å². The summed E-state index contributed by atoms with van der Waals surface area (Å²) >= 11 is 0. The van der Waals surface area contributed by atoms with Crippen molar-refractivity contribution in [2.24, 2.45) is 0 Å². The molecule has 0 unspecified atom stereocenters. The molecule has 2 heterocycles. The largest absolute Gasteiger partial charge is 0.397 e. The van der Waals surface area contributed by atoms with Crippen LogP contribution in [-0.4, -0.2) is 10.9 Å². The number of carbonyl (C=O) groups excluding carboxylic acids is 1. The number of nitrogens with two attached hydrogens (primary N) is 1. The average Bonchev–Trinajstić information content (AvgIpc) is 2.45. The Bertz CT molecular complexity index is 697. The van der Waals surface area contributed by atoms with Gasteiger partial charge in [-0.05, 0) is 43.2 Å². The van der Waals surface area contributed by atoms with Crippen molar-refractivity contribution < 1.29 is 4.79 Å². The summed E-state index contributed by atoms with van der Waals surface area (Å²) in [5, 5.41) is 6.17. The van der Waals surface area contributed by atoms with E-state index in [0.717, 1.165) is 34.7 Å². The summed E-state index contributed by atoms with van der Waals surface area (Å²) in [5.74, 6) is 0.0477. The zero-order valence-electron chi connectivity index (χ0n) is 11.9. The second kappa shape index (κ2) is 5.44. The van der Waals surface area contributed by atoms with Crippen molar-refractivity contribution in [2.45, 2.75) is 26.3 Å². The van der Waals surface area contributed by atoms with Gasteiger partial charge in [-0.1, -0.05) is 6.07 Å². The van der Waals surface area contributed by atoms with Gasteiger partial charge >= 0.3 is 0 Å². The van der Waals surface area contributed by atoms with Gasteiger partial charge in [-0.3, -0.25) is 9.78 Å². The molecule has 0 spiro atoms. The number of amides is 1. The molecule has 108 valence electrons. The van der Waals surface area contributed by atoms with Crippen LogP contribution in [0.15, 0.2) is 30.3 Å². The Kier molecular flexibility index (Phi) is 3.48. The smallest absolute Gasteiger partial charge is 0.224 e. The number of nitrogens with zero attached hydrogens (tertiary/aromatic N) is 1. The lowest BCUT2D eigenvalue weighted by molar-refractivity contribution is -0.116. The van der Waals surface area contributed by atoms with Crippen LogP contribution in [0.1, 0.15) is 23.4 Å². The molecule has 1 amide bonds. The van der Waals surface area contributed by atoms with Crippen molar-refractivity contribution in [1.82, 2.24) is 4.98 Å². The van der Waals surface area contributed by atoms with E-state index in [2.05, 4.69) is 15.6 Å². The van der Waals surface area contributed by atoms with E-state index in [4.69, 9.17) is 5.73 Å². The van der Waals surface area contributed by atoms with E-state index in [1.54, 1.807) is 0 Å². The van der Waals surface area contributed by atoms with E-state index in [-0.39, 0.29) is 5.91 Å². The number of hydrogen-bond donors (Lipinski definition) is 3. The topological polar surface area (TPSA) is 80.0 Å². The van der Waals surface area contributed by atoms with E-state index >= 15 is 0 Å². The van der Waals surface area contributed by atoms with E-state index in [0.29, 0.717) is 18.7 Å². The maximum Gasteiger partial charge on any atom is 0.224 e. The van der Waals surface area contributed by atoms with Crippen LogP contribution in [0, 0.1) is 6.92 Å². The highest BCUT2D eigenvalue weighted by molar-refractivity contribution is 5.95. The van der Waals surface area contributed by atoms with Gasteiger partial charge in [0.2, 0.25) is 5.91 Å². The van der Waals surface area contributed by atoms with Crippen LogP contribution in [0.3, 0.4) is 0 Å². The molecule has 5 nitrogen and oxygen atoms in total. The lowest BCUT2D eigenvalue weighted by Gasteiger charge is -2.19. The summed E-state index contributed by atoms with van der Waals surface area (Å²) in [4.78, 5) is 15.8. The van der Waals surface area contributed by atoms with Gasteiger partial charge in [0.05, 0.1) is 23.6 Å². The SMILES string of the molecule is Cc1cccc(CNc2cc3c(cc2N)NC(=O)CC3)n1. The first kappa shape index (κ1) is 13.4. The summed E-state index contributed by atoms with van der Waals surface area (Å²) in [7, 11) is 0. The van der Waals surface area contributed by atoms with Gasteiger partial charge in [-0.25, -0.2) is 0 Å². The Balaban J connectivity index is 1.78. The quantitative estimate of drug-likeness (QED) is 0.755. The van der Waals surface area contributed by atoms with Gasteiger partial charge in [0.15, 0.2) is 0 Å². The fourth-order valence-electron chi connectivity index (χ4n) is 2.48. The third-order valence-electron chi connectivity index (χ3n) is 3.58. The monoisotopic (exact) mass is 282 g/mol. The fourth-order valence-corrected chi connectivity index (χ4v) is 2.48. The van der Waals surface area contributed by atoms with Gasteiger partial charge in [0.1, 0.15) is 0 Å². The molecule has 3 rings (SSSR count). The number of nitrogen functional groups attached to an aromatic ring is 1. The van der Waals surface area contributed by atoms with Crippen molar-refractivity contribution in [1.29, 1.82) is 0 Å². The third-order valence-corrected chi connectivity index (χ3v) is 3.58. The summed E-state index contributed by atoms with van der Waals surface area (Å²) in [6, 6.07) is 9.78. The molecule has 0 atom stereocenters. The number of hydrogen-bond acceptors (Lipinski definition) is 4. The minimum absolute atomic E-state index is 0.0477. The first-order chi connectivity index (χ1) is 10.1. The fraction of sp³-hybridized carbons (Fsp3) is 0.250. The number of aryl methyl sites for hydroxylation is 2. The van der Waals surface area contributed by atoms with Gasteiger partial charge in [0, 0.05) is 17.8 Å². The molecule has 21 heavy (non-hydrogen) atoms. The number of rotatable bonds is 3. The second-order valence-electron chi connectivity index (χ2n) is 5.27. The zero-order chi connectivity index (χ0) is 14.8. The van der Waals surface area contributed by atoms with Crippen LogP contribution in [0.25, 0.3) is 0 Å². The number of nitrogens with one attached hydrogen (secondary N) is 2. The predicted molar refractivity (Wildman–Crippen MR) is 84.1 cm³/mol. The summed E-state index contributed by atoms with van der Waals surface area (Å²) in [6.45, 7) is 2.59. The Morgan fingerprint density at radius 2 is 2.19 bits per heavy atom. The Morgan fingerprint density at radius 3 is 3.00 bits per heavy atom. The molecular weight excluding hydrogens is 264 g/mol. The van der Waals surface area contributed by atoms with Crippen molar-refractivity contribution in [3.8, 4) is 0 Å². The third kappa shape index (κ3) is 2.97. The van der Waals surface area contributed by atoms with Crippen LogP contribution in [0.2, 0.25) is 0 Å². The Hall–Kier alpha value is -2.56. The van der Waals surface area contributed by atoms with Gasteiger partial charge < -0.3 is 16.4 Å². The minimum Gasteiger partial charge on any atom is -0.397 e. The van der Waals surface area contributed by atoms with Crippen molar-refractivity contribution >= 4 is 23.0 Å². The molecule has 0 bridgehead atoms. The molecule has 0 saturated carbocycles. The molecule has 0 radical (unpaired) electrons. The number of aromatic nitrogens is 1. The molecule has 0 saturated heterocycles. The van der Waals surface area contributed by atoms with Gasteiger partial charge in [0.25, 0.3) is 0 Å². The summed E-state index contributed by atoms with van der Waals surface area (Å²) in [6.07, 6.45) is 1.27. The molecule has 4 N–H and O–H groups in total. The highest BCUT2D eigenvalue weighted by Gasteiger charge is 2.16. The molecular formula is C16H18N4O. The first-order valence-corrected chi connectivity index (χ1v) is 7.00. The Labute approximate surface area is 123 Å². The number of carbonyl (C=O) groups is 1. The van der Waals surface area contributed by atoms with Crippen LogP contribution in [-0.2, 0) is 17.8 Å².